The number of rotatable bonds is 5. The van der Waals surface area contributed by atoms with E-state index in [1.54, 1.807) is 12.1 Å². The minimum Gasteiger partial charge on any atom is -0.367 e. The Morgan fingerprint density at radius 3 is 2.28 bits per heavy atom. The number of nitrogens with zero attached hydrogens (tertiary/aromatic N) is 1. The van der Waals surface area contributed by atoms with Crippen molar-refractivity contribution >= 4 is 11.6 Å². The SMILES string of the molecule is CCC(C)(C)C(=O)N(CC(O)O)c1ccccc1. The molecule has 0 atom stereocenters. The molecule has 0 saturated heterocycles. The van der Waals surface area contributed by atoms with E-state index in [2.05, 4.69) is 0 Å². The Hall–Kier alpha value is -1.39. The second-order valence-electron chi connectivity index (χ2n) is 4.97. The van der Waals surface area contributed by atoms with Crippen LogP contribution in [0.5, 0.6) is 0 Å². The van der Waals surface area contributed by atoms with Gasteiger partial charge in [0.1, 0.15) is 0 Å². The van der Waals surface area contributed by atoms with Crippen LogP contribution in [0.15, 0.2) is 30.3 Å². The molecule has 0 radical (unpaired) electrons. The van der Waals surface area contributed by atoms with Crippen LogP contribution in [0.4, 0.5) is 5.69 Å². The Morgan fingerprint density at radius 1 is 1.28 bits per heavy atom. The molecule has 0 saturated carbocycles. The quantitative estimate of drug-likeness (QED) is 0.784. The van der Waals surface area contributed by atoms with Crippen LogP contribution >= 0.6 is 0 Å². The Labute approximate surface area is 108 Å². The number of para-hydroxylation sites is 1. The molecule has 4 heteroatoms. The number of carbonyl (C=O) groups excluding carboxylic acids is 1. The molecular weight excluding hydrogens is 230 g/mol. The zero-order chi connectivity index (χ0) is 13.8. The van der Waals surface area contributed by atoms with Crippen LogP contribution in [0.25, 0.3) is 0 Å². The van der Waals surface area contributed by atoms with Gasteiger partial charge in [-0.25, -0.2) is 0 Å². The molecule has 0 aliphatic rings. The zero-order valence-electron chi connectivity index (χ0n) is 11.1. The fourth-order valence-electron chi connectivity index (χ4n) is 1.59. The van der Waals surface area contributed by atoms with Gasteiger partial charge >= 0.3 is 0 Å². The number of hydrogen-bond acceptors (Lipinski definition) is 3. The maximum Gasteiger partial charge on any atom is 0.232 e. The lowest BCUT2D eigenvalue weighted by molar-refractivity contribution is -0.128. The molecule has 0 fully saturated rings. The number of benzene rings is 1. The van der Waals surface area contributed by atoms with Crippen molar-refractivity contribution in [3.63, 3.8) is 0 Å². The van der Waals surface area contributed by atoms with Gasteiger partial charge in [-0.05, 0) is 18.6 Å². The predicted octanol–water partition coefficient (Wildman–Crippen LogP) is 1.77. The summed E-state index contributed by atoms with van der Waals surface area (Å²) in [6, 6.07) is 9.06. The first-order valence-corrected chi connectivity index (χ1v) is 6.11. The van der Waals surface area contributed by atoms with Gasteiger partial charge in [0.15, 0.2) is 6.29 Å². The maximum absolute atomic E-state index is 12.4. The normalized spacial score (nSPS) is 11.7. The molecule has 0 heterocycles. The second kappa shape index (κ2) is 5.98. The lowest BCUT2D eigenvalue weighted by Gasteiger charge is -2.31. The summed E-state index contributed by atoms with van der Waals surface area (Å²) >= 11 is 0. The van der Waals surface area contributed by atoms with Gasteiger partial charge in [-0.1, -0.05) is 39.0 Å². The summed E-state index contributed by atoms with van der Waals surface area (Å²) < 4.78 is 0. The molecule has 18 heavy (non-hydrogen) atoms. The van der Waals surface area contributed by atoms with Gasteiger partial charge in [0.05, 0.1) is 6.54 Å². The summed E-state index contributed by atoms with van der Waals surface area (Å²) in [6.07, 6.45) is -0.849. The van der Waals surface area contributed by atoms with E-state index >= 15 is 0 Å². The average molecular weight is 251 g/mol. The fraction of sp³-hybridized carbons (Fsp3) is 0.500. The smallest absolute Gasteiger partial charge is 0.232 e. The van der Waals surface area contributed by atoms with Crippen LogP contribution in [0.2, 0.25) is 0 Å². The molecule has 0 aromatic heterocycles. The average Bonchev–Trinajstić information content (AvgIpc) is 2.36. The zero-order valence-corrected chi connectivity index (χ0v) is 11.1. The van der Waals surface area contributed by atoms with Gasteiger partial charge in [-0.3, -0.25) is 4.79 Å². The molecule has 1 rings (SSSR count). The maximum atomic E-state index is 12.4. The van der Waals surface area contributed by atoms with E-state index in [-0.39, 0.29) is 12.5 Å². The molecule has 1 aromatic rings. The van der Waals surface area contributed by atoms with Crippen LogP contribution in [0, 0.1) is 5.41 Å². The van der Waals surface area contributed by atoms with Crippen molar-refractivity contribution in [1.29, 1.82) is 0 Å². The number of anilines is 1. The van der Waals surface area contributed by atoms with Gasteiger partial charge in [-0.15, -0.1) is 0 Å². The fourth-order valence-corrected chi connectivity index (χ4v) is 1.59. The summed E-state index contributed by atoms with van der Waals surface area (Å²) in [7, 11) is 0. The number of aliphatic hydroxyl groups excluding tert-OH is 1. The summed E-state index contributed by atoms with van der Waals surface area (Å²) in [5.74, 6) is -0.107. The highest BCUT2D eigenvalue weighted by Gasteiger charge is 2.31. The van der Waals surface area contributed by atoms with Gasteiger partial charge in [0, 0.05) is 11.1 Å². The number of aliphatic hydroxyl groups is 2. The molecule has 1 aromatic carbocycles. The van der Waals surface area contributed by atoms with E-state index in [0.29, 0.717) is 12.1 Å². The Kier molecular flexibility index (Phi) is 4.87. The van der Waals surface area contributed by atoms with E-state index in [0.717, 1.165) is 0 Å². The highest BCUT2D eigenvalue weighted by Crippen LogP contribution is 2.26. The Bertz CT molecular complexity index is 387. The molecule has 0 aliphatic carbocycles. The summed E-state index contributed by atoms with van der Waals surface area (Å²) in [5, 5.41) is 18.3. The molecular formula is C14H21NO3. The third-order valence-electron chi connectivity index (χ3n) is 3.12. The lowest BCUT2D eigenvalue weighted by Crippen LogP contribution is -2.44. The van der Waals surface area contributed by atoms with Crippen molar-refractivity contribution in [2.75, 3.05) is 11.4 Å². The van der Waals surface area contributed by atoms with Crippen LogP contribution in [-0.2, 0) is 4.79 Å². The molecule has 2 N–H and O–H groups in total. The minimum absolute atomic E-state index is 0.107. The molecule has 0 spiro atoms. The van der Waals surface area contributed by atoms with Crippen LogP contribution in [-0.4, -0.2) is 29.0 Å². The highest BCUT2D eigenvalue weighted by atomic mass is 16.5. The Morgan fingerprint density at radius 2 is 1.83 bits per heavy atom. The summed E-state index contributed by atoms with van der Waals surface area (Å²) in [6.45, 7) is 5.53. The first-order chi connectivity index (χ1) is 8.38. The summed E-state index contributed by atoms with van der Waals surface area (Å²) in [5.41, 5.74) is 0.155. The molecule has 100 valence electrons. The van der Waals surface area contributed by atoms with Gasteiger partial charge in [-0.2, -0.15) is 0 Å². The molecule has 0 unspecified atom stereocenters. The van der Waals surface area contributed by atoms with E-state index < -0.39 is 11.7 Å². The van der Waals surface area contributed by atoms with E-state index in [1.165, 1.54) is 4.90 Å². The van der Waals surface area contributed by atoms with Gasteiger partial charge in [0.2, 0.25) is 5.91 Å². The van der Waals surface area contributed by atoms with E-state index in [4.69, 9.17) is 10.2 Å². The lowest BCUT2D eigenvalue weighted by atomic mass is 9.88. The van der Waals surface area contributed by atoms with Gasteiger partial charge in [0.25, 0.3) is 0 Å². The van der Waals surface area contributed by atoms with Crippen molar-refractivity contribution in [2.45, 2.75) is 33.5 Å². The van der Waals surface area contributed by atoms with Crippen LogP contribution in [0.1, 0.15) is 27.2 Å². The number of amides is 1. The van der Waals surface area contributed by atoms with Crippen molar-refractivity contribution in [3.8, 4) is 0 Å². The molecule has 0 bridgehead atoms. The van der Waals surface area contributed by atoms with Crippen molar-refractivity contribution in [2.24, 2.45) is 5.41 Å². The molecule has 0 aliphatic heterocycles. The molecule has 1 amide bonds. The minimum atomic E-state index is -1.54. The van der Waals surface area contributed by atoms with E-state index in [9.17, 15) is 4.79 Å². The topological polar surface area (TPSA) is 60.8 Å². The third kappa shape index (κ3) is 3.55. The Balaban J connectivity index is 3.03. The predicted molar refractivity (Wildman–Crippen MR) is 71.1 cm³/mol. The van der Waals surface area contributed by atoms with Crippen molar-refractivity contribution in [3.05, 3.63) is 30.3 Å². The van der Waals surface area contributed by atoms with Crippen LogP contribution < -0.4 is 4.90 Å². The number of carbonyl (C=O) groups is 1. The van der Waals surface area contributed by atoms with Gasteiger partial charge < -0.3 is 15.1 Å². The monoisotopic (exact) mass is 251 g/mol. The first kappa shape index (κ1) is 14.7. The first-order valence-electron chi connectivity index (χ1n) is 6.11. The number of hydrogen-bond donors (Lipinski definition) is 2. The van der Waals surface area contributed by atoms with Crippen molar-refractivity contribution in [1.82, 2.24) is 0 Å². The third-order valence-corrected chi connectivity index (χ3v) is 3.12. The standard InChI is InChI=1S/C14H21NO3/c1-4-14(2,3)13(18)15(10-12(16)17)11-8-6-5-7-9-11/h5-9,12,16-17H,4,10H2,1-3H3. The van der Waals surface area contributed by atoms with Crippen molar-refractivity contribution < 1.29 is 15.0 Å². The summed E-state index contributed by atoms with van der Waals surface area (Å²) in [4.78, 5) is 13.9. The largest absolute Gasteiger partial charge is 0.367 e. The van der Waals surface area contributed by atoms with Crippen LogP contribution in [0.3, 0.4) is 0 Å². The highest BCUT2D eigenvalue weighted by molar-refractivity contribution is 5.97. The second-order valence-corrected chi connectivity index (χ2v) is 4.97. The molecule has 4 nitrogen and oxygen atoms in total. The van der Waals surface area contributed by atoms with E-state index in [1.807, 2.05) is 39.0 Å².